The van der Waals surface area contributed by atoms with Gasteiger partial charge in [-0.2, -0.15) is 0 Å². The third-order valence-electron chi connectivity index (χ3n) is 3.39. The molecule has 0 saturated carbocycles. The molecule has 0 bridgehead atoms. The Morgan fingerprint density at radius 2 is 1.88 bits per heavy atom. The third-order valence-corrected chi connectivity index (χ3v) is 3.68. The molecule has 0 fully saturated rings. The fourth-order valence-electron chi connectivity index (χ4n) is 2.28. The van der Waals surface area contributed by atoms with Crippen LogP contribution in [0, 0.1) is 5.82 Å². The number of hydrogen-bond acceptors (Lipinski definition) is 3. The van der Waals surface area contributed by atoms with E-state index < -0.39 is 29.4 Å². The van der Waals surface area contributed by atoms with Crippen molar-refractivity contribution in [1.29, 1.82) is 0 Å². The van der Waals surface area contributed by atoms with Crippen LogP contribution in [0.25, 0.3) is 10.8 Å². The van der Waals surface area contributed by atoms with Gasteiger partial charge < -0.3 is 5.32 Å². The maximum atomic E-state index is 13.1. The summed E-state index contributed by atoms with van der Waals surface area (Å²) in [6, 6.07) is 10.0. The van der Waals surface area contributed by atoms with Crippen LogP contribution in [-0.4, -0.2) is 15.7 Å². The van der Waals surface area contributed by atoms with E-state index in [0.717, 1.165) is 10.7 Å². The van der Waals surface area contributed by atoms with Crippen LogP contribution in [0.1, 0.15) is 0 Å². The van der Waals surface area contributed by atoms with Gasteiger partial charge >= 0.3 is 0 Å². The molecule has 24 heavy (non-hydrogen) atoms. The number of amides is 1. The zero-order valence-corrected chi connectivity index (χ0v) is 12.9. The maximum absolute atomic E-state index is 13.1. The van der Waals surface area contributed by atoms with Gasteiger partial charge in [-0.3, -0.25) is 19.5 Å². The summed E-state index contributed by atoms with van der Waals surface area (Å²) >= 11 is 5.64. The molecular formula is C16H11ClFN3O3. The molecule has 0 spiro atoms. The Morgan fingerprint density at radius 1 is 1.17 bits per heavy atom. The van der Waals surface area contributed by atoms with E-state index in [4.69, 9.17) is 11.6 Å². The van der Waals surface area contributed by atoms with Crippen LogP contribution in [0.15, 0.2) is 52.1 Å². The van der Waals surface area contributed by atoms with Crippen molar-refractivity contribution in [2.24, 2.45) is 0 Å². The SMILES string of the molecule is O=C(Cn1[nH]c(=O)c2ccccc2c1=O)Nc1ccc(F)c(Cl)c1. The van der Waals surface area contributed by atoms with E-state index >= 15 is 0 Å². The molecule has 0 radical (unpaired) electrons. The highest BCUT2D eigenvalue weighted by molar-refractivity contribution is 6.31. The highest BCUT2D eigenvalue weighted by atomic mass is 35.5. The molecule has 2 aromatic carbocycles. The van der Waals surface area contributed by atoms with Gasteiger partial charge in [0.15, 0.2) is 0 Å². The summed E-state index contributed by atoms with van der Waals surface area (Å²) in [5.74, 6) is -1.17. The summed E-state index contributed by atoms with van der Waals surface area (Å²) < 4.78 is 14.0. The minimum absolute atomic E-state index is 0.135. The number of H-pyrrole nitrogens is 1. The van der Waals surface area contributed by atoms with E-state index in [1.54, 1.807) is 12.1 Å². The van der Waals surface area contributed by atoms with Crippen molar-refractivity contribution < 1.29 is 9.18 Å². The second-order valence-electron chi connectivity index (χ2n) is 5.05. The molecule has 2 N–H and O–H groups in total. The van der Waals surface area contributed by atoms with Gasteiger partial charge in [0.2, 0.25) is 5.91 Å². The van der Waals surface area contributed by atoms with E-state index in [2.05, 4.69) is 10.4 Å². The molecular weight excluding hydrogens is 337 g/mol. The fourth-order valence-corrected chi connectivity index (χ4v) is 2.46. The molecule has 6 nitrogen and oxygen atoms in total. The molecule has 1 heterocycles. The van der Waals surface area contributed by atoms with E-state index in [1.165, 1.54) is 24.3 Å². The van der Waals surface area contributed by atoms with Crippen LogP contribution in [-0.2, 0) is 11.3 Å². The Kier molecular flexibility index (Phi) is 4.18. The number of hydrogen-bond donors (Lipinski definition) is 2. The van der Waals surface area contributed by atoms with Crippen LogP contribution >= 0.6 is 11.6 Å². The van der Waals surface area contributed by atoms with Gasteiger partial charge in [-0.05, 0) is 30.3 Å². The lowest BCUT2D eigenvalue weighted by atomic mass is 10.2. The number of rotatable bonds is 3. The van der Waals surface area contributed by atoms with Crippen LogP contribution in [0.2, 0.25) is 5.02 Å². The maximum Gasteiger partial charge on any atom is 0.273 e. The first kappa shape index (κ1) is 15.9. The average molecular weight is 348 g/mol. The predicted molar refractivity (Wildman–Crippen MR) is 88.9 cm³/mol. The summed E-state index contributed by atoms with van der Waals surface area (Å²) in [6.45, 7) is -0.395. The number of anilines is 1. The van der Waals surface area contributed by atoms with Gasteiger partial charge in [0.25, 0.3) is 11.1 Å². The zero-order chi connectivity index (χ0) is 17.3. The first-order chi connectivity index (χ1) is 11.5. The lowest BCUT2D eigenvalue weighted by Crippen LogP contribution is -2.34. The summed E-state index contributed by atoms with van der Waals surface area (Å²) in [5.41, 5.74) is -0.678. The van der Waals surface area contributed by atoms with Crippen molar-refractivity contribution in [3.63, 3.8) is 0 Å². The predicted octanol–water partition coefficient (Wildman–Crippen LogP) is 2.12. The summed E-state index contributed by atoms with van der Waals surface area (Å²) in [7, 11) is 0. The number of carbonyl (C=O) groups excluding carboxylic acids is 1. The number of halogens is 2. The molecule has 0 aliphatic carbocycles. The van der Waals surface area contributed by atoms with Gasteiger partial charge in [0, 0.05) is 5.69 Å². The van der Waals surface area contributed by atoms with E-state index in [9.17, 15) is 18.8 Å². The largest absolute Gasteiger partial charge is 0.324 e. The molecule has 0 aliphatic rings. The number of nitrogens with one attached hydrogen (secondary N) is 2. The number of aromatic amines is 1. The Morgan fingerprint density at radius 3 is 2.58 bits per heavy atom. The highest BCUT2D eigenvalue weighted by Gasteiger charge is 2.11. The zero-order valence-electron chi connectivity index (χ0n) is 12.2. The van der Waals surface area contributed by atoms with Crippen molar-refractivity contribution >= 4 is 34.0 Å². The number of aromatic nitrogens is 2. The highest BCUT2D eigenvalue weighted by Crippen LogP contribution is 2.19. The minimum Gasteiger partial charge on any atom is -0.324 e. The standard InChI is InChI=1S/C16H11ClFN3O3/c17-12-7-9(5-6-13(12)18)19-14(22)8-21-16(24)11-4-2-1-3-10(11)15(23)20-21/h1-7H,8H2,(H,19,22)(H,20,23). The van der Waals surface area contributed by atoms with E-state index in [-0.39, 0.29) is 21.5 Å². The van der Waals surface area contributed by atoms with Gasteiger partial charge in [-0.15, -0.1) is 0 Å². The number of fused-ring (bicyclic) bond motifs is 1. The van der Waals surface area contributed by atoms with Crippen molar-refractivity contribution in [2.75, 3.05) is 5.32 Å². The number of carbonyl (C=O) groups is 1. The van der Waals surface area contributed by atoms with Gasteiger partial charge in [-0.25, -0.2) is 9.07 Å². The molecule has 0 atom stereocenters. The van der Waals surface area contributed by atoms with Crippen LogP contribution < -0.4 is 16.4 Å². The van der Waals surface area contributed by atoms with Crippen molar-refractivity contribution in [3.8, 4) is 0 Å². The molecule has 3 rings (SSSR count). The molecule has 122 valence electrons. The summed E-state index contributed by atoms with van der Waals surface area (Å²) in [6.07, 6.45) is 0. The lowest BCUT2D eigenvalue weighted by molar-refractivity contribution is -0.117. The molecule has 1 aromatic heterocycles. The van der Waals surface area contributed by atoms with Crippen molar-refractivity contribution in [3.05, 3.63) is 74.0 Å². The molecule has 3 aromatic rings. The molecule has 0 unspecified atom stereocenters. The minimum atomic E-state index is -0.607. The first-order valence-corrected chi connectivity index (χ1v) is 7.30. The second-order valence-corrected chi connectivity index (χ2v) is 5.46. The lowest BCUT2D eigenvalue weighted by Gasteiger charge is -2.08. The number of nitrogens with zero attached hydrogens (tertiary/aromatic N) is 1. The Labute approximate surface area is 139 Å². The second kappa shape index (κ2) is 6.29. The van der Waals surface area contributed by atoms with Crippen LogP contribution in [0.5, 0.6) is 0 Å². The summed E-state index contributed by atoms with van der Waals surface area (Å²) in [5, 5.41) is 5.18. The monoisotopic (exact) mass is 347 g/mol. The van der Waals surface area contributed by atoms with E-state index in [1.807, 2.05) is 0 Å². The van der Waals surface area contributed by atoms with Crippen molar-refractivity contribution in [2.45, 2.75) is 6.54 Å². The average Bonchev–Trinajstić information content (AvgIpc) is 2.56. The smallest absolute Gasteiger partial charge is 0.273 e. The van der Waals surface area contributed by atoms with Gasteiger partial charge in [0.1, 0.15) is 12.4 Å². The van der Waals surface area contributed by atoms with Gasteiger partial charge in [0.05, 0.1) is 15.8 Å². The topological polar surface area (TPSA) is 84.0 Å². The van der Waals surface area contributed by atoms with Crippen molar-refractivity contribution in [1.82, 2.24) is 9.78 Å². The Hall–Kier alpha value is -2.93. The fraction of sp³-hybridized carbons (Fsp3) is 0.0625. The van der Waals surface area contributed by atoms with E-state index in [0.29, 0.717) is 0 Å². The summed E-state index contributed by atoms with van der Waals surface area (Å²) in [4.78, 5) is 36.3. The van der Waals surface area contributed by atoms with Crippen LogP contribution in [0.4, 0.5) is 10.1 Å². The van der Waals surface area contributed by atoms with Crippen LogP contribution in [0.3, 0.4) is 0 Å². The quantitative estimate of drug-likeness (QED) is 0.761. The molecule has 1 amide bonds. The Balaban J connectivity index is 1.88. The first-order valence-electron chi connectivity index (χ1n) is 6.92. The molecule has 8 heteroatoms. The van der Waals surface area contributed by atoms with Gasteiger partial charge in [-0.1, -0.05) is 23.7 Å². The Bertz CT molecular complexity index is 1060. The molecule has 0 aliphatic heterocycles. The molecule has 0 saturated heterocycles. The third kappa shape index (κ3) is 3.07. The normalized spacial score (nSPS) is 10.8. The number of benzene rings is 2.